The Morgan fingerprint density at radius 1 is 0.900 bits per heavy atom. The van der Waals surface area contributed by atoms with Crippen LogP contribution in [0.4, 0.5) is 0 Å². The van der Waals surface area contributed by atoms with E-state index in [1.165, 1.54) is 10.0 Å². The van der Waals surface area contributed by atoms with Gasteiger partial charge in [0.15, 0.2) is 0 Å². The Labute approximate surface area is 60.4 Å². The Bertz CT molecular complexity index is 221. The maximum atomic E-state index is 5.12. The fraction of sp³-hybridized carbons (Fsp3) is 0. The number of terminal acetylenes is 2. The van der Waals surface area contributed by atoms with E-state index in [-0.39, 0.29) is 0 Å². The van der Waals surface area contributed by atoms with Gasteiger partial charge in [0, 0.05) is 24.5 Å². The van der Waals surface area contributed by atoms with Crippen LogP contribution in [0.1, 0.15) is 0 Å². The quantitative estimate of drug-likeness (QED) is 0.446. The van der Waals surface area contributed by atoms with E-state index in [1.54, 1.807) is 12.4 Å². The second-order valence-electron chi connectivity index (χ2n) is 1.63. The lowest BCUT2D eigenvalue weighted by atomic mass is 10.5. The molecule has 0 saturated carbocycles. The van der Waals surface area contributed by atoms with Crippen molar-refractivity contribution in [1.29, 1.82) is 0 Å². The highest BCUT2D eigenvalue weighted by Gasteiger charge is 2.02. The summed E-state index contributed by atoms with van der Waals surface area (Å²) < 4.78 is 0. The monoisotopic (exact) mass is 130 g/mol. The van der Waals surface area contributed by atoms with Gasteiger partial charge in [-0.1, -0.05) is 12.8 Å². The molecular formula is C8H6N2. The van der Waals surface area contributed by atoms with Crippen LogP contribution in [-0.2, 0) is 0 Å². The molecule has 48 valence electrons. The fourth-order valence-corrected chi connectivity index (χ4v) is 0.617. The van der Waals surface area contributed by atoms with Crippen LogP contribution in [0.3, 0.4) is 0 Å². The molecule has 0 aromatic heterocycles. The molecule has 0 amide bonds. The molecule has 1 heterocycles. The Morgan fingerprint density at radius 2 is 1.30 bits per heavy atom. The molecule has 0 N–H and O–H groups in total. The van der Waals surface area contributed by atoms with E-state index in [4.69, 9.17) is 12.8 Å². The Balaban J connectivity index is 2.78. The largest absolute Gasteiger partial charge is 0.206 e. The van der Waals surface area contributed by atoms with E-state index in [2.05, 4.69) is 12.1 Å². The minimum atomic E-state index is 1.47. The van der Waals surface area contributed by atoms with Gasteiger partial charge in [-0.15, -0.1) is 0 Å². The topological polar surface area (TPSA) is 6.48 Å². The summed E-state index contributed by atoms with van der Waals surface area (Å²) >= 11 is 0. The fourth-order valence-electron chi connectivity index (χ4n) is 0.617. The summed E-state index contributed by atoms with van der Waals surface area (Å²) in [7, 11) is 0. The van der Waals surface area contributed by atoms with E-state index in [1.807, 2.05) is 12.2 Å². The summed E-state index contributed by atoms with van der Waals surface area (Å²) in [6.45, 7) is 0. The highest BCUT2D eigenvalue weighted by Crippen LogP contribution is 2.02. The van der Waals surface area contributed by atoms with Crippen molar-refractivity contribution < 1.29 is 0 Å². The zero-order valence-electron chi connectivity index (χ0n) is 5.36. The molecule has 2 nitrogen and oxygen atoms in total. The van der Waals surface area contributed by atoms with Crippen LogP contribution < -0.4 is 0 Å². The molecule has 1 aliphatic heterocycles. The van der Waals surface area contributed by atoms with Crippen molar-refractivity contribution in [1.82, 2.24) is 10.0 Å². The second-order valence-corrected chi connectivity index (χ2v) is 1.63. The first kappa shape index (κ1) is 6.32. The molecular weight excluding hydrogens is 124 g/mol. The van der Waals surface area contributed by atoms with Crippen LogP contribution in [0.2, 0.25) is 0 Å². The number of hydrogen-bond donors (Lipinski definition) is 0. The van der Waals surface area contributed by atoms with Crippen molar-refractivity contribution in [2.24, 2.45) is 0 Å². The molecule has 0 atom stereocenters. The van der Waals surface area contributed by atoms with Crippen molar-refractivity contribution in [3.05, 3.63) is 24.6 Å². The lowest BCUT2D eigenvalue weighted by Crippen LogP contribution is -2.27. The highest BCUT2D eigenvalue weighted by molar-refractivity contribution is 5.13. The molecule has 2 heteroatoms. The van der Waals surface area contributed by atoms with E-state index in [9.17, 15) is 0 Å². The number of allylic oxidation sites excluding steroid dienone is 2. The van der Waals surface area contributed by atoms with E-state index >= 15 is 0 Å². The first-order chi connectivity index (χ1) is 4.88. The summed E-state index contributed by atoms with van der Waals surface area (Å²) in [5.41, 5.74) is 0. The third kappa shape index (κ3) is 0.962. The van der Waals surface area contributed by atoms with Gasteiger partial charge in [-0.3, -0.25) is 0 Å². The van der Waals surface area contributed by atoms with E-state index in [0.29, 0.717) is 0 Å². The van der Waals surface area contributed by atoms with Gasteiger partial charge in [-0.25, -0.2) is 10.0 Å². The molecule has 10 heavy (non-hydrogen) atoms. The van der Waals surface area contributed by atoms with E-state index < -0.39 is 0 Å². The number of rotatable bonds is 0. The van der Waals surface area contributed by atoms with Gasteiger partial charge in [0.25, 0.3) is 0 Å². The van der Waals surface area contributed by atoms with Crippen LogP contribution >= 0.6 is 0 Å². The average Bonchev–Trinajstić information content (AvgIpc) is 2.04. The van der Waals surface area contributed by atoms with Gasteiger partial charge in [-0.05, 0) is 12.2 Å². The highest BCUT2D eigenvalue weighted by atomic mass is 15.6. The molecule has 0 saturated heterocycles. The van der Waals surface area contributed by atoms with Gasteiger partial charge in [0.1, 0.15) is 0 Å². The second kappa shape index (κ2) is 2.66. The average molecular weight is 130 g/mol. The molecule has 0 unspecified atom stereocenters. The van der Waals surface area contributed by atoms with E-state index in [0.717, 1.165) is 0 Å². The van der Waals surface area contributed by atoms with Crippen LogP contribution in [0, 0.1) is 24.9 Å². The van der Waals surface area contributed by atoms with Gasteiger partial charge >= 0.3 is 0 Å². The molecule has 1 aliphatic rings. The van der Waals surface area contributed by atoms with Crippen LogP contribution in [0.15, 0.2) is 24.6 Å². The summed E-state index contributed by atoms with van der Waals surface area (Å²) in [5.74, 6) is 0. The number of nitrogens with zero attached hydrogens (tertiary/aromatic N) is 2. The lowest BCUT2D eigenvalue weighted by Gasteiger charge is -2.22. The third-order valence-corrected chi connectivity index (χ3v) is 1.06. The summed E-state index contributed by atoms with van der Waals surface area (Å²) in [5, 5.41) is 2.94. The van der Waals surface area contributed by atoms with Crippen molar-refractivity contribution in [2.45, 2.75) is 0 Å². The molecule has 0 fully saturated rings. The molecule has 0 aromatic carbocycles. The summed E-state index contributed by atoms with van der Waals surface area (Å²) in [4.78, 5) is 0. The van der Waals surface area contributed by atoms with Crippen molar-refractivity contribution in [3.63, 3.8) is 0 Å². The first-order valence-electron chi connectivity index (χ1n) is 2.74. The maximum Gasteiger partial charge on any atom is 0.0376 e. The molecule has 0 spiro atoms. The summed E-state index contributed by atoms with van der Waals surface area (Å²) in [6, 6.07) is 4.77. The molecule has 0 aromatic rings. The smallest absolute Gasteiger partial charge is 0.0376 e. The van der Waals surface area contributed by atoms with Crippen molar-refractivity contribution >= 4 is 0 Å². The molecule has 1 rings (SSSR count). The predicted octanol–water partition coefficient (Wildman–Crippen LogP) is 0.728. The van der Waals surface area contributed by atoms with Crippen molar-refractivity contribution in [2.75, 3.05) is 0 Å². The molecule has 0 bridgehead atoms. The minimum Gasteiger partial charge on any atom is -0.206 e. The van der Waals surface area contributed by atoms with Gasteiger partial charge < -0.3 is 0 Å². The molecule has 0 aliphatic carbocycles. The minimum absolute atomic E-state index is 1.47. The zero-order chi connectivity index (χ0) is 7.40. The Kier molecular flexibility index (Phi) is 1.68. The number of hydrazine groups is 1. The van der Waals surface area contributed by atoms with Gasteiger partial charge in [0.2, 0.25) is 0 Å². The van der Waals surface area contributed by atoms with Gasteiger partial charge in [-0.2, -0.15) is 0 Å². The van der Waals surface area contributed by atoms with Crippen LogP contribution in [0.25, 0.3) is 0 Å². The maximum absolute atomic E-state index is 5.12. The summed E-state index contributed by atoms with van der Waals surface area (Å²) in [6.07, 6.45) is 17.3. The van der Waals surface area contributed by atoms with Crippen LogP contribution in [-0.4, -0.2) is 10.0 Å². The standard InChI is InChI=1S/C8H6N2/c1-3-9-7-5-6-8-10(9)4-2/h1-2,5-8H. The molecule has 0 radical (unpaired) electrons. The Hall–Kier alpha value is -1.80. The first-order valence-corrected chi connectivity index (χ1v) is 2.74. The van der Waals surface area contributed by atoms with Gasteiger partial charge in [0.05, 0.1) is 0 Å². The van der Waals surface area contributed by atoms with Crippen molar-refractivity contribution in [3.8, 4) is 24.9 Å². The third-order valence-electron chi connectivity index (χ3n) is 1.06. The zero-order valence-corrected chi connectivity index (χ0v) is 5.36. The Morgan fingerprint density at radius 3 is 1.60 bits per heavy atom. The van der Waals surface area contributed by atoms with Crippen LogP contribution in [0.5, 0.6) is 0 Å². The number of hydrogen-bond acceptors (Lipinski definition) is 2. The lowest BCUT2D eigenvalue weighted by molar-refractivity contribution is 0.233. The SMILES string of the molecule is C#CN1C=CC=CN1C#C. The predicted molar refractivity (Wildman–Crippen MR) is 39.6 cm³/mol. The normalized spacial score (nSPS) is 14.6.